The molecule has 0 amide bonds. The lowest BCUT2D eigenvalue weighted by Gasteiger charge is -2.34. The number of benzene rings is 2. The first kappa shape index (κ1) is 18.2. The first-order valence-corrected chi connectivity index (χ1v) is 9.84. The van der Waals surface area contributed by atoms with E-state index in [1.165, 1.54) is 0 Å². The van der Waals surface area contributed by atoms with E-state index in [1.807, 2.05) is 36.4 Å². The molecule has 0 unspecified atom stereocenters. The molecule has 4 rings (SSSR count). The molecule has 1 saturated heterocycles. The maximum Gasteiger partial charge on any atom is 0.197 e. The van der Waals surface area contributed by atoms with Crippen LogP contribution in [0.4, 0.5) is 0 Å². The largest absolute Gasteiger partial charge is 0.395 e. The number of hydrogen-bond acceptors (Lipinski definition) is 4. The van der Waals surface area contributed by atoms with Crippen molar-refractivity contribution in [2.75, 3.05) is 45.9 Å². The number of piperazine rings is 1. The van der Waals surface area contributed by atoms with Gasteiger partial charge in [0.1, 0.15) is 0 Å². The number of aliphatic hydroxyl groups is 1. The summed E-state index contributed by atoms with van der Waals surface area (Å²) < 4.78 is 2.30. The van der Waals surface area contributed by atoms with Crippen LogP contribution < -0.4 is 5.43 Å². The minimum Gasteiger partial charge on any atom is -0.395 e. The van der Waals surface area contributed by atoms with E-state index in [2.05, 4.69) is 26.5 Å². The Morgan fingerprint density at radius 2 is 1.26 bits per heavy atom. The third-order valence-corrected chi connectivity index (χ3v) is 5.62. The molecule has 0 saturated carbocycles. The third kappa shape index (κ3) is 3.76. The fourth-order valence-electron chi connectivity index (χ4n) is 4.15. The first-order chi connectivity index (χ1) is 13.3. The van der Waals surface area contributed by atoms with Crippen LogP contribution in [0.15, 0.2) is 53.3 Å². The Labute approximate surface area is 159 Å². The van der Waals surface area contributed by atoms with Gasteiger partial charge in [0, 0.05) is 50.0 Å². The molecule has 0 aliphatic carbocycles. The van der Waals surface area contributed by atoms with Crippen molar-refractivity contribution in [3.63, 3.8) is 0 Å². The summed E-state index contributed by atoms with van der Waals surface area (Å²) >= 11 is 0. The van der Waals surface area contributed by atoms with Gasteiger partial charge in [-0.3, -0.25) is 9.69 Å². The molecule has 0 atom stereocenters. The highest BCUT2D eigenvalue weighted by molar-refractivity contribution is 5.93. The predicted molar refractivity (Wildman–Crippen MR) is 110 cm³/mol. The maximum absolute atomic E-state index is 12.8. The molecule has 1 aliphatic rings. The van der Waals surface area contributed by atoms with Gasteiger partial charge in [-0.05, 0) is 37.2 Å². The normalized spacial score (nSPS) is 16.3. The molecule has 1 aliphatic heterocycles. The molecular weight excluding hydrogens is 338 g/mol. The Morgan fingerprint density at radius 3 is 1.81 bits per heavy atom. The summed E-state index contributed by atoms with van der Waals surface area (Å²) in [5.74, 6) is 0. The van der Waals surface area contributed by atoms with Crippen LogP contribution in [0.2, 0.25) is 0 Å². The van der Waals surface area contributed by atoms with Gasteiger partial charge in [-0.1, -0.05) is 24.3 Å². The second-order valence-corrected chi connectivity index (χ2v) is 7.28. The molecule has 2 heterocycles. The van der Waals surface area contributed by atoms with Crippen LogP contribution in [-0.4, -0.2) is 65.3 Å². The van der Waals surface area contributed by atoms with E-state index in [9.17, 15) is 4.79 Å². The molecule has 1 aromatic heterocycles. The van der Waals surface area contributed by atoms with Crippen molar-refractivity contribution in [3.8, 4) is 0 Å². The average Bonchev–Trinajstić information content (AvgIpc) is 2.72. The van der Waals surface area contributed by atoms with Gasteiger partial charge >= 0.3 is 0 Å². The number of para-hydroxylation sites is 2. The molecule has 2 aromatic carbocycles. The van der Waals surface area contributed by atoms with Crippen LogP contribution in [0.5, 0.6) is 0 Å². The Hall–Kier alpha value is -2.21. The van der Waals surface area contributed by atoms with Gasteiger partial charge in [-0.15, -0.1) is 0 Å². The molecule has 3 aromatic rings. The highest BCUT2D eigenvalue weighted by Gasteiger charge is 2.16. The Kier molecular flexibility index (Phi) is 5.53. The molecule has 27 heavy (non-hydrogen) atoms. The molecule has 1 N–H and O–H groups in total. The number of pyridine rings is 1. The summed E-state index contributed by atoms with van der Waals surface area (Å²) in [6.07, 6.45) is 1.05. The van der Waals surface area contributed by atoms with Gasteiger partial charge in [-0.2, -0.15) is 0 Å². The highest BCUT2D eigenvalue weighted by Crippen LogP contribution is 2.19. The second-order valence-electron chi connectivity index (χ2n) is 7.28. The zero-order valence-corrected chi connectivity index (χ0v) is 15.7. The Bertz CT molecular complexity index is 914. The fraction of sp³-hybridized carbons (Fsp3) is 0.409. The number of nitrogens with zero attached hydrogens (tertiary/aromatic N) is 3. The number of aryl methyl sites for hydroxylation is 1. The van der Waals surface area contributed by atoms with E-state index in [0.29, 0.717) is 0 Å². The minimum absolute atomic E-state index is 0.123. The standard InChI is InChI=1S/C22H27N3O2/c26-17-16-24-14-12-23(13-15-24)10-5-11-25-20-8-3-1-6-18(20)22(27)19-7-2-4-9-21(19)25/h1-4,6-9,26H,5,10-17H2. The van der Waals surface area contributed by atoms with Gasteiger partial charge in [0.25, 0.3) is 0 Å². The van der Waals surface area contributed by atoms with Gasteiger partial charge < -0.3 is 14.6 Å². The van der Waals surface area contributed by atoms with Gasteiger partial charge in [0.05, 0.1) is 17.6 Å². The number of aliphatic hydroxyl groups excluding tert-OH is 1. The van der Waals surface area contributed by atoms with E-state index in [-0.39, 0.29) is 12.0 Å². The maximum atomic E-state index is 12.8. The zero-order valence-electron chi connectivity index (χ0n) is 15.7. The number of fused-ring (bicyclic) bond motifs is 2. The van der Waals surface area contributed by atoms with Crippen LogP contribution >= 0.6 is 0 Å². The van der Waals surface area contributed by atoms with Crippen molar-refractivity contribution in [2.45, 2.75) is 13.0 Å². The number of hydrogen-bond donors (Lipinski definition) is 1. The molecule has 0 bridgehead atoms. The molecule has 142 valence electrons. The van der Waals surface area contributed by atoms with Crippen molar-refractivity contribution in [1.82, 2.24) is 14.4 Å². The Balaban J connectivity index is 1.52. The zero-order chi connectivity index (χ0) is 18.6. The predicted octanol–water partition coefficient (Wildman–Crippen LogP) is 2.15. The van der Waals surface area contributed by atoms with E-state index in [1.54, 1.807) is 0 Å². The first-order valence-electron chi connectivity index (χ1n) is 9.84. The van der Waals surface area contributed by atoms with E-state index >= 15 is 0 Å². The van der Waals surface area contributed by atoms with Gasteiger partial charge in [0.15, 0.2) is 5.43 Å². The van der Waals surface area contributed by atoms with Crippen molar-refractivity contribution < 1.29 is 5.11 Å². The molecule has 5 heteroatoms. The SMILES string of the molecule is O=c1c2ccccc2n(CCCN2CCN(CCO)CC2)c2ccccc12. The van der Waals surface area contributed by atoms with Crippen LogP contribution in [0.3, 0.4) is 0 Å². The number of rotatable bonds is 6. The summed E-state index contributed by atoms with van der Waals surface area (Å²) in [6, 6.07) is 15.9. The fourth-order valence-corrected chi connectivity index (χ4v) is 4.15. The quantitative estimate of drug-likeness (QED) is 0.680. The van der Waals surface area contributed by atoms with Crippen molar-refractivity contribution >= 4 is 21.8 Å². The molecule has 0 spiro atoms. The molecular formula is C22H27N3O2. The lowest BCUT2D eigenvalue weighted by Crippen LogP contribution is -2.47. The van der Waals surface area contributed by atoms with Gasteiger partial charge in [-0.25, -0.2) is 0 Å². The summed E-state index contributed by atoms with van der Waals surface area (Å²) in [4.78, 5) is 17.6. The van der Waals surface area contributed by atoms with E-state index in [4.69, 9.17) is 5.11 Å². The van der Waals surface area contributed by atoms with E-state index in [0.717, 1.165) is 74.0 Å². The summed E-state index contributed by atoms with van der Waals surface area (Å²) in [6.45, 7) is 7.17. The lowest BCUT2D eigenvalue weighted by atomic mass is 10.1. The third-order valence-electron chi connectivity index (χ3n) is 5.62. The summed E-state index contributed by atoms with van der Waals surface area (Å²) in [7, 11) is 0. The molecule has 1 fully saturated rings. The smallest absolute Gasteiger partial charge is 0.197 e. The Morgan fingerprint density at radius 1 is 0.741 bits per heavy atom. The number of aromatic nitrogens is 1. The molecule has 0 radical (unpaired) electrons. The van der Waals surface area contributed by atoms with Crippen LogP contribution in [-0.2, 0) is 6.54 Å². The monoisotopic (exact) mass is 365 g/mol. The van der Waals surface area contributed by atoms with Crippen molar-refractivity contribution in [2.24, 2.45) is 0 Å². The average molecular weight is 365 g/mol. The van der Waals surface area contributed by atoms with Crippen LogP contribution in [0, 0.1) is 0 Å². The lowest BCUT2D eigenvalue weighted by molar-refractivity contribution is 0.111. The summed E-state index contributed by atoms with van der Waals surface area (Å²) in [5, 5.41) is 10.7. The highest BCUT2D eigenvalue weighted by atomic mass is 16.3. The van der Waals surface area contributed by atoms with Crippen LogP contribution in [0.25, 0.3) is 21.8 Å². The van der Waals surface area contributed by atoms with Gasteiger partial charge in [0.2, 0.25) is 0 Å². The number of β-amino-alcohol motifs (C(OH)–C–C–N with tert-alkyl or cyclic N) is 1. The van der Waals surface area contributed by atoms with E-state index < -0.39 is 0 Å². The van der Waals surface area contributed by atoms with Crippen molar-refractivity contribution in [1.29, 1.82) is 0 Å². The summed E-state index contributed by atoms with van der Waals surface area (Å²) in [5.41, 5.74) is 2.17. The molecule has 5 nitrogen and oxygen atoms in total. The van der Waals surface area contributed by atoms with Crippen LogP contribution in [0.1, 0.15) is 6.42 Å². The second kappa shape index (κ2) is 8.21. The topological polar surface area (TPSA) is 48.7 Å². The minimum atomic E-state index is 0.123. The van der Waals surface area contributed by atoms with Crippen molar-refractivity contribution in [3.05, 3.63) is 58.8 Å².